The molecule has 1 aromatic carbocycles. The number of fused-ring (bicyclic) bond motifs is 1. The van der Waals surface area contributed by atoms with Crippen LogP contribution in [0.25, 0.3) is 0 Å². The molecule has 0 atom stereocenters. The number of hydrogen-bond donors (Lipinski definition) is 2. The SMILES string of the molecule is O=C(O)c1cc2c(cc1Cl)SCCN2. The van der Waals surface area contributed by atoms with E-state index in [1.54, 1.807) is 23.9 Å². The van der Waals surface area contributed by atoms with Gasteiger partial charge in [0.05, 0.1) is 10.6 Å². The first-order chi connectivity index (χ1) is 6.68. The summed E-state index contributed by atoms with van der Waals surface area (Å²) in [6.07, 6.45) is 0. The second-order valence-corrected chi connectivity index (χ2v) is 4.45. The third-order valence-corrected chi connectivity index (χ3v) is 3.34. The largest absolute Gasteiger partial charge is 0.478 e. The summed E-state index contributed by atoms with van der Waals surface area (Å²) in [4.78, 5) is 11.8. The van der Waals surface area contributed by atoms with E-state index in [0.717, 1.165) is 22.9 Å². The molecule has 74 valence electrons. The van der Waals surface area contributed by atoms with Crippen molar-refractivity contribution in [1.29, 1.82) is 0 Å². The number of carboxylic acids is 1. The Bertz CT molecular complexity index is 395. The van der Waals surface area contributed by atoms with Gasteiger partial charge in [0.15, 0.2) is 0 Å². The third kappa shape index (κ3) is 1.67. The van der Waals surface area contributed by atoms with Gasteiger partial charge >= 0.3 is 5.97 Å². The molecule has 0 radical (unpaired) electrons. The van der Waals surface area contributed by atoms with Gasteiger partial charge in [-0.15, -0.1) is 11.8 Å². The number of carboxylic acid groups (broad SMARTS) is 1. The second-order valence-electron chi connectivity index (χ2n) is 2.91. The molecule has 1 heterocycles. The molecule has 0 fully saturated rings. The average Bonchev–Trinajstić information content (AvgIpc) is 2.16. The zero-order chi connectivity index (χ0) is 10.1. The number of carbonyl (C=O) groups is 1. The van der Waals surface area contributed by atoms with Crippen LogP contribution in [-0.2, 0) is 0 Å². The summed E-state index contributed by atoms with van der Waals surface area (Å²) in [6.45, 7) is 0.859. The van der Waals surface area contributed by atoms with Crippen LogP contribution < -0.4 is 5.32 Å². The van der Waals surface area contributed by atoms with E-state index in [1.165, 1.54) is 0 Å². The molecule has 1 aliphatic heterocycles. The first-order valence-corrected chi connectivity index (χ1v) is 5.48. The fourth-order valence-corrected chi connectivity index (χ4v) is 2.54. The first kappa shape index (κ1) is 9.68. The average molecular weight is 230 g/mol. The molecule has 0 aliphatic carbocycles. The maximum absolute atomic E-state index is 10.8. The highest BCUT2D eigenvalue weighted by molar-refractivity contribution is 7.99. The van der Waals surface area contributed by atoms with Crippen LogP contribution in [-0.4, -0.2) is 23.4 Å². The lowest BCUT2D eigenvalue weighted by molar-refractivity contribution is 0.0697. The van der Waals surface area contributed by atoms with Crippen LogP contribution >= 0.6 is 23.4 Å². The smallest absolute Gasteiger partial charge is 0.337 e. The van der Waals surface area contributed by atoms with Gasteiger partial charge in [-0.1, -0.05) is 11.6 Å². The van der Waals surface area contributed by atoms with Crippen molar-refractivity contribution >= 4 is 35.0 Å². The van der Waals surface area contributed by atoms with E-state index in [0.29, 0.717) is 5.02 Å². The maximum Gasteiger partial charge on any atom is 0.337 e. The number of anilines is 1. The maximum atomic E-state index is 10.8. The normalized spacial score (nSPS) is 14.4. The molecule has 3 nitrogen and oxygen atoms in total. The summed E-state index contributed by atoms with van der Waals surface area (Å²) >= 11 is 7.52. The van der Waals surface area contributed by atoms with Gasteiger partial charge in [-0.3, -0.25) is 0 Å². The minimum Gasteiger partial charge on any atom is -0.478 e. The molecule has 0 saturated heterocycles. The van der Waals surface area contributed by atoms with Gasteiger partial charge in [0, 0.05) is 22.9 Å². The van der Waals surface area contributed by atoms with Gasteiger partial charge in [0.2, 0.25) is 0 Å². The second kappa shape index (κ2) is 3.71. The number of halogens is 1. The summed E-state index contributed by atoms with van der Waals surface area (Å²) in [5, 5.41) is 12.3. The monoisotopic (exact) mass is 229 g/mol. The van der Waals surface area contributed by atoms with Crippen LogP contribution in [0, 0.1) is 0 Å². The summed E-state index contributed by atoms with van der Waals surface area (Å²) in [5.41, 5.74) is 1.02. The van der Waals surface area contributed by atoms with E-state index in [4.69, 9.17) is 16.7 Å². The van der Waals surface area contributed by atoms with Crippen molar-refractivity contribution in [1.82, 2.24) is 0 Å². The zero-order valence-corrected chi connectivity index (χ0v) is 8.78. The van der Waals surface area contributed by atoms with Gasteiger partial charge in [0.25, 0.3) is 0 Å². The van der Waals surface area contributed by atoms with E-state index in [9.17, 15) is 4.79 Å². The molecule has 0 aromatic heterocycles. The molecule has 2 rings (SSSR count). The number of nitrogens with one attached hydrogen (secondary N) is 1. The highest BCUT2D eigenvalue weighted by Crippen LogP contribution is 2.35. The van der Waals surface area contributed by atoms with Gasteiger partial charge in [0.1, 0.15) is 0 Å². The molecule has 5 heteroatoms. The Balaban J connectivity index is 2.50. The Morgan fingerprint density at radius 3 is 3.07 bits per heavy atom. The molecule has 14 heavy (non-hydrogen) atoms. The fraction of sp³-hybridized carbons (Fsp3) is 0.222. The summed E-state index contributed by atoms with van der Waals surface area (Å²) < 4.78 is 0. The zero-order valence-electron chi connectivity index (χ0n) is 7.21. The van der Waals surface area contributed by atoms with Crippen molar-refractivity contribution in [2.75, 3.05) is 17.6 Å². The predicted molar refractivity (Wildman–Crippen MR) is 57.6 cm³/mol. The summed E-state index contributed by atoms with van der Waals surface area (Å²) in [6, 6.07) is 3.29. The number of hydrogen-bond acceptors (Lipinski definition) is 3. The van der Waals surface area contributed by atoms with E-state index in [2.05, 4.69) is 5.32 Å². The van der Waals surface area contributed by atoms with Crippen LogP contribution in [0.5, 0.6) is 0 Å². The minimum absolute atomic E-state index is 0.153. The molecular formula is C9H8ClNO2S. The van der Waals surface area contributed by atoms with Gasteiger partial charge in [-0.05, 0) is 12.1 Å². The van der Waals surface area contributed by atoms with Crippen molar-refractivity contribution < 1.29 is 9.90 Å². The van der Waals surface area contributed by atoms with E-state index >= 15 is 0 Å². The van der Waals surface area contributed by atoms with E-state index in [-0.39, 0.29) is 5.56 Å². The van der Waals surface area contributed by atoms with Crippen LogP contribution in [0.1, 0.15) is 10.4 Å². The van der Waals surface area contributed by atoms with Crippen LogP contribution in [0.2, 0.25) is 5.02 Å². The molecule has 1 aromatic rings. The number of thioether (sulfide) groups is 1. The Kier molecular flexibility index (Phi) is 2.56. The van der Waals surface area contributed by atoms with Crippen LogP contribution in [0.15, 0.2) is 17.0 Å². The van der Waals surface area contributed by atoms with Crippen LogP contribution in [0.3, 0.4) is 0 Å². The fourth-order valence-electron chi connectivity index (χ4n) is 1.32. The van der Waals surface area contributed by atoms with Crippen LogP contribution in [0.4, 0.5) is 5.69 Å². The Labute approximate surface area is 90.5 Å². The topological polar surface area (TPSA) is 49.3 Å². The van der Waals surface area contributed by atoms with Gasteiger partial charge < -0.3 is 10.4 Å². The minimum atomic E-state index is -0.991. The molecule has 1 aliphatic rings. The highest BCUT2D eigenvalue weighted by Gasteiger charge is 2.15. The summed E-state index contributed by atoms with van der Waals surface area (Å²) in [5.74, 6) is -0.00869. The highest BCUT2D eigenvalue weighted by atomic mass is 35.5. The molecule has 0 spiro atoms. The summed E-state index contributed by atoms with van der Waals surface area (Å²) in [7, 11) is 0. The molecular weight excluding hydrogens is 222 g/mol. The quantitative estimate of drug-likeness (QED) is 0.777. The predicted octanol–water partition coefficient (Wildman–Crippen LogP) is 2.56. The molecule has 0 bridgehead atoms. The third-order valence-electron chi connectivity index (χ3n) is 1.97. The number of benzene rings is 1. The molecule has 0 unspecified atom stereocenters. The van der Waals surface area contributed by atoms with Crippen molar-refractivity contribution in [3.63, 3.8) is 0 Å². The van der Waals surface area contributed by atoms with E-state index < -0.39 is 5.97 Å². The molecule has 2 N–H and O–H groups in total. The van der Waals surface area contributed by atoms with Gasteiger partial charge in [-0.2, -0.15) is 0 Å². The Hall–Kier alpha value is -0.870. The van der Waals surface area contributed by atoms with Crippen molar-refractivity contribution in [3.8, 4) is 0 Å². The van der Waals surface area contributed by atoms with Crippen molar-refractivity contribution in [2.24, 2.45) is 0 Å². The number of aromatic carboxylic acids is 1. The molecule has 0 amide bonds. The lowest BCUT2D eigenvalue weighted by atomic mass is 10.2. The Morgan fingerprint density at radius 1 is 1.57 bits per heavy atom. The standard InChI is InChI=1S/C9H8ClNO2S/c10-6-4-8-7(11-1-2-14-8)3-5(6)9(12)13/h3-4,11H,1-2H2,(H,12,13). The first-order valence-electron chi connectivity index (χ1n) is 4.12. The Morgan fingerprint density at radius 2 is 2.36 bits per heavy atom. The number of rotatable bonds is 1. The lowest BCUT2D eigenvalue weighted by Crippen LogP contribution is -2.11. The molecule has 0 saturated carbocycles. The lowest BCUT2D eigenvalue weighted by Gasteiger charge is -2.18. The van der Waals surface area contributed by atoms with E-state index in [1.807, 2.05) is 0 Å². The van der Waals surface area contributed by atoms with Crippen molar-refractivity contribution in [3.05, 3.63) is 22.7 Å². The van der Waals surface area contributed by atoms with Crippen molar-refractivity contribution in [2.45, 2.75) is 4.90 Å². The van der Waals surface area contributed by atoms with Gasteiger partial charge in [-0.25, -0.2) is 4.79 Å².